The van der Waals surface area contributed by atoms with Gasteiger partial charge in [0.1, 0.15) is 6.29 Å². The maximum Gasteiger partial charge on any atom is 0.124 e. The van der Waals surface area contributed by atoms with E-state index in [1.807, 2.05) is 18.2 Å². The molecule has 0 aliphatic heterocycles. The molecular formula is C8H6Br2O. The van der Waals surface area contributed by atoms with Crippen molar-refractivity contribution in [3.63, 3.8) is 0 Å². The summed E-state index contributed by atoms with van der Waals surface area (Å²) in [5.41, 5.74) is 1.02. The maximum absolute atomic E-state index is 10.1. The summed E-state index contributed by atoms with van der Waals surface area (Å²) in [6.07, 6.45) is 1.38. The van der Waals surface area contributed by atoms with Crippen LogP contribution >= 0.6 is 31.9 Å². The topological polar surface area (TPSA) is 17.1 Å². The highest BCUT2D eigenvalue weighted by Gasteiger charge is 1.96. The van der Waals surface area contributed by atoms with Crippen LogP contribution in [0.15, 0.2) is 27.1 Å². The molecule has 0 unspecified atom stereocenters. The quantitative estimate of drug-likeness (QED) is 0.760. The summed E-state index contributed by atoms with van der Waals surface area (Å²) in [5, 5.41) is 0. The molecule has 0 saturated heterocycles. The number of carbonyl (C=O) groups excluding carboxylic acids is 1. The molecule has 3 heteroatoms. The third-order valence-electron chi connectivity index (χ3n) is 1.30. The summed E-state index contributed by atoms with van der Waals surface area (Å²) in [4.78, 5) is 10.1. The van der Waals surface area contributed by atoms with Crippen LogP contribution in [0.25, 0.3) is 0 Å². The van der Waals surface area contributed by atoms with Crippen LogP contribution in [0.5, 0.6) is 0 Å². The predicted molar refractivity (Wildman–Crippen MR) is 51.6 cm³/mol. The molecule has 0 aromatic heterocycles. The van der Waals surface area contributed by atoms with Crippen LogP contribution in [0.2, 0.25) is 0 Å². The molecule has 1 aromatic rings. The molecule has 0 saturated carbocycles. The van der Waals surface area contributed by atoms with E-state index in [4.69, 9.17) is 0 Å². The van der Waals surface area contributed by atoms with Gasteiger partial charge >= 0.3 is 0 Å². The smallest absolute Gasteiger partial charge is 0.124 e. The second-order valence-corrected chi connectivity index (χ2v) is 3.83. The fourth-order valence-electron chi connectivity index (χ4n) is 0.763. The van der Waals surface area contributed by atoms with Crippen molar-refractivity contribution < 1.29 is 4.79 Å². The van der Waals surface area contributed by atoms with Gasteiger partial charge in [0.25, 0.3) is 0 Å². The Morgan fingerprint density at radius 1 is 1.27 bits per heavy atom. The van der Waals surface area contributed by atoms with Gasteiger partial charge in [-0.2, -0.15) is 0 Å². The Morgan fingerprint density at radius 3 is 2.55 bits per heavy atom. The van der Waals surface area contributed by atoms with Crippen molar-refractivity contribution in [2.24, 2.45) is 0 Å². The normalized spacial score (nSPS) is 9.64. The molecule has 11 heavy (non-hydrogen) atoms. The highest BCUT2D eigenvalue weighted by Crippen LogP contribution is 2.23. The van der Waals surface area contributed by atoms with E-state index < -0.39 is 0 Å². The van der Waals surface area contributed by atoms with Gasteiger partial charge < -0.3 is 4.79 Å². The van der Waals surface area contributed by atoms with E-state index in [-0.39, 0.29) is 0 Å². The molecule has 1 aromatic carbocycles. The van der Waals surface area contributed by atoms with Gasteiger partial charge in [-0.3, -0.25) is 0 Å². The van der Waals surface area contributed by atoms with Crippen LogP contribution in [-0.2, 0) is 11.2 Å². The maximum atomic E-state index is 10.1. The first-order valence-corrected chi connectivity index (χ1v) is 4.70. The lowest BCUT2D eigenvalue weighted by molar-refractivity contribution is -0.107. The summed E-state index contributed by atoms with van der Waals surface area (Å²) in [6, 6.07) is 5.77. The number of benzene rings is 1. The highest BCUT2D eigenvalue weighted by molar-refractivity contribution is 9.13. The van der Waals surface area contributed by atoms with Crippen molar-refractivity contribution >= 4 is 38.1 Å². The van der Waals surface area contributed by atoms with Gasteiger partial charge in [-0.15, -0.1) is 0 Å². The number of carbonyl (C=O) groups is 1. The lowest BCUT2D eigenvalue weighted by atomic mass is 10.2. The molecule has 0 N–H and O–H groups in total. The Morgan fingerprint density at radius 2 is 2.00 bits per heavy atom. The Kier molecular flexibility index (Phi) is 3.27. The first kappa shape index (κ1) is 8.94. The van der Waals surface area contributed by atoms with E-state index in [0.717, 1.165) is 20.8 Å². The average Bonchev–Trinajstić information content (AvgIpc) is 1.98. The minimum Gasteiger partial charge on any atom is -0.303 e. The zero-order valence-corrected chi connectivity index (χ0v) is 8.85. The van der Waals surface area contributed by atoms with Crippen molar-refractivity contribution in [3.8, 4) is 0 Å². The Balaban J connectivity index is 2.95. The lowest BCUT2D eigenvalue weighted by Crippen LogP contribution is -1.84. The van der Waals surface area contributed by atoms with Gasteiger partial charge in [-0.1, -0.05) is 6.07 Å². The Hall–Kier alpha value is -0.150. The van der Waals surface area contributed by atoms with Crippen LogP contribution in [0, 0.1) is 0 Å². The fourth-order valence-corrected chi connectivity index (χ4v) is 1.44. The lowest BCUT2D eigenvalue weighted by Gasteiger charge is -1.97. The standard InChI is InChI=1S/C8H6Br2O/c9-7-2-1-6(3-4-11)5-8(7)10/h1-2,4-5H,3H2. The van der Waals surface area contributed by atoms with Crippen LogP contribution in [0.1, 0.15) is 5.56 Å². The van der Waals surface area contributed by atoms with Crippen molar-refractivity contribution in [1.29, 1.82) is 0 Å². The fraction of sp³-hybridized carbons (Fsp3) is 0.125. The van der Waals surface area contributed by atoms with E-state index in [9.17, 15) is 4.79 Å². The van der Waals surface area contributed by atoms with Crippen molar-refractivity contribution in [1.82, 2.24) is 0 Å². The minimum atomic E-state index is 0.478. The molecular weight excluding hydrogens is 272 g/mol. The molecule has 0 amide bonds. The van der Waals surface area contributed by atoms with Gasteiger partial charge in [0.05, 0.1) is 0 Å². The van der Waals surface area contributed by atoms with Crippen LogP contribution in [-0.4, -0.2) is 6.29 Å². The van der Waals surface area contributed by atoms with Gasteiger partial charge in [0, 0.05) is 15.4 Å². The monoisotopic (exact) mass is 276 g/mol. The van der Waals surface area contributed by atoms with E-state index in [1.54, 1.807) is 0 Å². The zero-order chi connectivity index (χ0) is 8.27. The van der Waals surface area contributed by atoms with E-state index in [2.05, 4.69) is 31.9 Å². The summed E-state index contributed by atoms with van der Waals surface area (Å²) in [7, 11) is 0. The van der Waals surface area contributed by atoms with Gasteiger partial charge in [-0.25, -0.2) is 0 Å². The minimum absolute atomic E-state index is 0.478. The summed E-state index contributed by atoms with van der Waals surface area (Å²) in [6.45, 7) is 0. The van der Waals surface area contributed by atoms with E-state index in [0.29, 0.717) is 6.42 Å². The van der Waals surface area contributed by atoms with Crippen LogP contribution < -0.4 is 0 Å². The van der Waals surface area contributed by atoms with E-state index in [1.165, 1.54) is 0 Å². The Bertz CT molecular complexity index is 271. The first-order chi connectivity index (χ1) is 5.24. The van der Waals surface area contributed by atoms with E-state index >= 15 is 0 Å². The summed E-state index contributed by atoms with van der Waals surface area (Å²) >= 11 is 6.70. The SMILES string of the molecule is O=CCc1ccc(Br)c(Br)c1. The molecule has 0 aliphatic rings. The second kappa shape index (κ2) is 4.02. The molecule has 0 aliphatic carbocycles. The molecule has 0 bridgehead atoms. The molecule has 0 atom stereocenters. The molecule has 1 rings (SSSR count). The third kappa shape index (κ3) is 2.42. The molecule has 1 nitrogen and oxygen atoms in total. The highest BCUT2D eigenvalue weighted by atomic mass is 79.9. The summed E-state index contributed by atoms with van der Waals surface area (Å²) < 4.78 is 1.99. The molecule has 0 radical (unpaired) electrons. The number of hydrogen-bond donors (Lipinski definition) is 0. The average molecular weight is 278 g/mol. The first-order valence-electron chi connectivity index (χ1n) is 3.11. The van der Waals surface area contributed by atoms with Gasteiger partial charge in [0.15, 0.2) is 0 Å². The Labute approximate surface area is 82.1 Å². The van der Waals surface area contributed by atoms with Crippen molar-refractivity contribution in [2.75, 3.05) is 0 Å². The van der Waals surface area contributed by atoms with Crippen LogP contribution in [0.3, 0.4) is 0 Å². The van der Waals surface area contributed by atoms with Crippen LogP contribution in [0.4, 0.5) is 0 Å². The number of rotatable bonds is 2. The third-order valence-corrected chi connectivity index (χ3v) is 3.18. The summed E-state index contributed by atoms with van der Waals surface area (Å²) in [5.74, 6) is 0. The molecule has 0 fully saturated rings. The van der Waals surface area contributed by atoms with Crippen molar-refractivity contribution in [3.05, 3.63) is 32.7 Å². The van der Waals surface area contributed by atoms with Crippen molar-refractivity contribution in [2.45, 2.75) is 6.42 Å². The molecule has 0 spiro atoms. The zero-order valence-electron chi connectivity index (χ0n) is 5.68. The number of aldehydes is 1. The molecule has 0 heterocycles. The largest absolute Gasteiger partial charge is 0.303 e. The predicted octanol–water partition coefficient (Wildman–Crippen LogP) is 2.95. The van der Waals surface area contributed by atoms with Gasteiger partial charge in [0.2, 0.25) is 0 Å². The number of hydrogen-bond acceptors (Lipinski definition) is 1. The number of halogens is 2. The van der Waals surface area contributed by atoms with Gasteiger partial charge in [-0.05, 0) is 49.6 Å². The second-order valence-electron chi connectivity index (χ2n) is 2.12. The molecule has 58 valence electrons.